The summed E-state index contributed by atoms with van der Waals surface area (Å²) in [6.45, 7) is 4.32. The fraction of sp³-hybridized carbons (Fsp3) is 0.474. The minimum absolute atomic E-state index is 0.137. The minimum atomic E-state index is -0.951. The molecule has 2 rings (SSSR count). The van der Waals surface area contributed by atoms with Gasteiger partial charge in [-0.3, -0.25) is 9.59 Å². The molecule has 7 nitrogen and oxygen atoms in total. The van der Waals surface area contributed by atoms with Crippen molar-refractivity contribution in [3.05, 3.63) is 36.4 Å². The smallest absolute Gasteiger partial charge is 0.305 e. The number of carbonyl (C=O) groups excluding carboxylic acids is 1. The maximum absolute atomic E-state index is 12.3. The van der Waals surface area contributed by atoms with Crippen molar-refractivity contribution in [2.75, 3.05) is 26.9 Å². The number of hydrogen-bond donors (Lipinski definition) is 2. The van der Waals surface area contributed by atoms with E-state index in [0.29, 0.717) is 44.0 Å². The molecule has 0 spiro atoms. The molecule has 7 heteroatoms. The van der Waals surface area contributed by atoms with Crippen molar-refractivity contribution in [1.29, 1.82) is 0 Å². The summed E-state index contributed by atoms with van der Waals surface area (Å²) in [5.41, 5.74) is 0.235. The third kappa shape index (κ3) is 5.49. The van der Waals surface area contributed by atoms with Crippen molar-refractivity contribution < 1.29 is 28.9 Å². The van der Waals surface area contributed by atoms with Crippen LogP contribution in [0.3, 0.4) is 0 Å². The number of methoxy groups -OCH3 is 1. The Balaban J connectivity index is 1.98. The molecule has 0 aliphatic carbocycles. The second kappa shape index (κ2) is 9.24. The number of carboxylic acids is 1. The number of ether oxygens (including phenoxy) is 3. The molecule has 142 valence electrons. The summed E-state index contributed by atoms with van der Waals surface area (Å²) in [6.07, 6.45) is 3.28. The average molecular weight is 363 g/mol. The van der Waals surface area contributed by atoms with Crippen molar-refractivity contribution in [3.8, 4) is 11.5 Å². The molecule has 1 aromatic rings. The summed E-state index contributed by atoms with van der Waals surface area (Å²) in [6, 6.07) is 5.45. The fourth-order valence-corrected chi connectivity index (χ4v) is 3.00. The molecule has 1 aliphatic heterocycles. The molecule has 1 fully saturated rings. The number of carbonyl (C=O) groups is 2. The van der Waals surface area contributed by atoms with Crippen LogP contribution < -0.4 is 14.8 Å². The number of aliphatic carboxylic acids is 1. The van der Waals surface area contributed by atoms with Crippen LogP contribution in [0.25, 0.3) is 0 Å². The van der Waals surface area contributed by atoms with E-state index in [1.54, 1.807) is 12.1 Å². The normalized spacial score (nSPS) is 15.7. The quantitative estimate of drug-likeness (QED) is 0.651. The van der Waals surface area contributed by atoms with Gasteiger partial charge in [0.15, 0.2) is 18.1 Å². The lowest BCUT2D eigenvalue weighted by Crippen LogP contribution is -2.54. The summed E-state index contributed by atoms with van der Waals surface area (Å²) >= 11 is 0. The standard InChI is InChI=1S/C19H25NO6/c1-3-4-14-5-6-15(16(11-14)24-2)26-13-17(21)20-19(12-18(22)23)7-9-25-10-8-19/h3,5-6,11H,1,4,7-10,12-13H2,2H3,(H,20,21)(H,22,23). The van der Waals surface area contributed by atoms with Gasteiger partial charge in [-0.15, -0.1) is 6.58 Å². The number of nitrogens with one attached hydrogen (secondary N) is 1. The Morgan fingerprint density at radius 1 is 1.35 bits per heavy atom. The molecule has 0 atom stereocenters. The predicted molar refractivity (Wildman–Crippen MR) is 95.6 cm³/mol. The van der Waals surface area contributed by atoms with Gasteiger partial charge in [0.1, 0.15) is 0 Å². The number of benzene rings is 1. The fourth-order valence-electron chi connectivity index (χ4n) is 3.00. The minimum Gasteiger partial charge on any atom is -0.493 e. The van der Waals surface area contributed by atoms with Gasteiger partial charge in [-0.1, -0.05) is 12.1 Å². The molecule has 0 radical (unpaired) electrons. The molecule has 0 saturated carbocycles. The Labute approximate surface area is 152 Å². The van der Waals surface area contributed by atoms with Crippen LogP contribution in [0.15, 0.2) is 30.9 Å². The van der Waals surface area contributed by atoms with Crippen molar-refractivity contribution in [3.63, 3.8) is 0 Å². The van der Waals surface area contributed by atoms with Crippen molar-refractivity contribution in [1.82, 2.24) is 5.32 Å². The van der Waals surface area contributed by atoms with E-state index in [4.69, 9.17) is 19.3 Å². The van der Waals surface area contributed by atoms with E-state index in [1.807, 2.05) is 12.1 Å². The van der Waals surface area contributed by atoms with Crippen molar-refractivity contribution >= 4 is 11.9 Å². The summed E-state index contributed by atoms with van der Waals surface area (Å²) in [4.78, 5) is 23.5. The van der Waals surface area contributed by atoms with Gasteiger partial charge in [0.05, 0.1) is 19.1 Å². The molecule has 26 heavy (non-hydrogen) atoms. The zero-order chi connectivity index (χ0) is 19.0. The van der Waals surface area contributed by atoms with E-state index in [2.05, 4.69) is 11.9 Å². The van der Waals surface area contributed by atoms with Crippen LogP contribution in [0.1, 0.15) is 24.8 Å². The molecule has 1 aromatic carbocycles. The summed E-state index contributed by atoms with van der Waals surface area (Å²) in [5, 5.41) is 12.0. The van der Waals surface area contributed by atoms with E-state index < -0.39 is 11.5 Å². The first-order valence-corrected chi connectivity index (χ1v) is 8.49. The lowest BCUT2D eigenvalue weighted by atomic mass is 9.86. The third-order valence-electron chi connectivity index (χ3n) is 4.31. The molecule has 1 saturated heterocycles. The summed E-state index contributed by atoms with van der Waals surface area (Å²) < 4.78 is 16.2. The number of carboxylic acid groups (broad SMARTS) is 1. The monoisotopic (exact) mass is 363 g/mol. The molecule has 1 aliphatic rings. The van der Waals surface area contributed by atoms with Gasteiger partial charge >= 0.3 is 5.97 Å². The third-order valence-corrected chi connectivity index (χ3v) is 4.31. The van der Waals surface area contributed by atoms with Gasteiger partial charge in [0.2, 0.25) is 0 Å². The van der Waals surface area contributed by atoms with Crippen LogP contribution in [0.5, 0.6) is 11.5 Å². The van der Waals surface area contributed by atoms with Gasteiger partial charge in [0.25, 0.3) is 5.91 Å². The van der Waals surface area contributed by atoms with E-state index >= 15 is 0 Å². The molecule has 2 N–H and O–H groups in total. The van der Waals surface area contributed by atoms with Gasteiger partial charge in [-0.25, -0.2) is 0 Å². The van der Waals surface area contributed by atoms with Crippen LogP contribution in [-0.2, 0) is 20.7 Å². The van der Waals surface area contributed by atoms with Gasteiger partial charge in [0, 0.05) is 13.2 Å². The summed E-state index contributed by atoms with van der Waals surface area (Å²) in [5.74, 6) is -0.337. The van der Waals surface area contributed by atoms with Crippen LogP contribution in [-0.4, -0.2) is 49.5 Å². The number of rotatable bonds is 9. The molecule has 1 amide bonds. The molecular weight excluding hydrogens is 338 g/mol. The lowest BCUT2D eigenvalue weighted by Gasteiger charge is -2.36. The molecular formula is C19H25NO6. The Morgan fingerprint density at radius 2 is 2.08 bits per heavy atom. The van der Waals surface area contributed by atoms with Crippen LogP contribution in [0.2, 0.25) is 0 Å². The van der Waals surface area contributed by atoms with Crippen LogP contribution in [0, 0.1) is 0 Å². The van der Waals surface area contributed by atoms with Crippen LogP contribution in [0.4, 0.5) is 0 Å². The Kier molecular flexibility index (Phi) is 7.03. The highest BCUT2D eigenvalue weighted by atomic mass is 16.5. The van der Waals surface area contributed by atoms with E-state index in [-0.39, 0.29) is 18.9 Å². The Hall–Kier alpha value is -2.54. The lowest BCUT2D eigenvalue weighted by molar-refractivity contribution is -0.140. The number of amides is 1. The highest BCUT2D eigenvalue weighted by molar-refractivity contribution is 5.79. The number of hydrogen-bond acceptors (Lipinski definition) is 5. The number of allylic oxidation sites excluding steroid dienone is 1. The molecule has 0 aromatic heterocycles. The van der Waals surface area contributed by atoms with E-state index in [1.165, 1.54) is 7.11 Å². The van der Waals surface area contributed by atoms with E-state index in [0.717, 1.165) is 5.56 Å². The second-order valence-corrected chi connectivity index (χ2v) is 6.28. The maximum Gasteiger partial charge on any atom is 0.305 e. The second-order valence-electron chi connectivity index (χ2n) is 6.28. The first kappa shape index (κ1) is 19.8. The van der Waals surface area contributed by atoms with Crippen LogP contribution >= 0.6 is 0 Å². The highest BCUT2D eigenvalue weighted by Crippen LogP contribution is 2.29. The van der Waals surface area contributed by atoms with Crippen molar-refractivity contribution in [2.24, 2.45) is 0 Å². The SMILES string of the molecule is C=CCc1ccc(OCC(=O)NC2(CC(=O)O)CCOCC2)c(OC)c1. The zero-order valence-corrected chi connectivity index (χ0v) is 15.0. The Morgan fingerprint density at radius 3 is 2.69 bits per heavy atom. The Bertz CT molecular complexity index is 651. The molecule has 0 bridgehead atoms. The van der Waals surface area contributed by atoms with E-state index in [9.17, 15) is 9.59 Å². The highest BCUT2D eigenvalue weighted by Gasteiger charge is 2.36. The zero-order valence-electron chi connectivity index (χ0n) is 15.0. The predicted octanol–water partition coefficient (Wildman–Crippen LogP) is 1.94. The first-order chi connectivity index (χ1) is 12.5. The average Bonchev–Trinajstić information content (AvgIpc) is 2.60. The topological polar surface area (TPSA) is 94.1 Å². The maximum atomic E-state index is 12.3. The van der Waals surface area contributed by atoms with Gasteiger partial charge in [-0.05, 0) is 37.0 Å². The molecule has 0 unspecified atom stereocenters. The van der Waals surface area contributed by atoms with Crippen molar-refractivity contribution in [2.45, 2.75) is 31.2 Å². The van der Waals surface area contributed by atoms with Gasteiger partial charge in [-0.2, -0.15) is 0 Å². The van der Waals surface area contributed by atoms with Gasteiger partial charge < -0.3 is 24.6 Å². The molecule has 1 heterocycles. The largest absolute Gasteiger partial charge is 0.493 e. The first-order valence-electron chi connectivity index (χ1n) is 8.49. The summed E-state index contributed by atoms with van der Waals surface area (Å²) in [7, 11) is 1.53.